The number of benzene rings is 1. The van der Waals surface area contributed by atoms with E-state index in [4.69, 9.17) is 9.47 Å². The molecule has 4 nitrogen and oxygen atoms in total. The van der Waals surface area contributed by atoms with Gasteiger partial charge in [0.25, 0.3) is 0 Å². The van der Waals surface area contributed by atoms with Crippen LogP contribution in [0.15, 0.2) is 6.07 Å². The van der Waals surface area contributed by atoms with Crippen molar-refractivity contribution in [3.05, 3.63) is 17.4 Å². The van der Waals surface area contributed by atoms with E-state index >= 15 is 0 Å². The lowest BCUT2D eigenvalue weighted by molar-refractivity contribution is -0.108. The number of carbonyl (C=O) groups excluding carboxylic acids is 1. The van der Waals surface area contributed by atoms with Gasteiger partial charge in [0.05, 0.1) is 0 Å². The summed E-state index contributed by atoms with van der Waals surface area (Å²) in [5.74, 6) is -1.37. The summed E-state index contributed by atoms with van der Waals surface area (Å²) in [6.45, 7) is 1.67. The zero-order valence-corrected chi connectivity index (χ0v) is 8.70. The molecular weight excluding hydrogens is 215 g/mol. The minimum absolute atomic E-state index is 0.0583. The predicted molar refractivity (Wildman–Crippen MR) is 53.3 cm³/mol. The van der Waals surface area contributed by atoms with Gasteiger partial charge in [0.2, 0.25) is 18.4 Å². The molecule has 1 unspecified atom stereocenters. The summed E-state index contributed by atoms with van der Waals surface area (Å²) in [4.78, 5) is 10.4. The van der Waals surface area contributed by atoms with Gasteiger partial charge in [0, 0.05) is 12.0 Å². The maximum atomic E-state index is 13.6. The van der Waals surface area contributed by atoms with Crippen molar-refractivity contribution in [3.63, 3.8) is 0 Å². The molecule has 0 spiro atoms. The van der Waals surface area contributed by atoms with Crippen LogP contribution in [0, 0.1) is 5.82 Å². The molecule has 0 radical (unpaired) electrons. The molecule has 1 heterocycles. The molecule has 16 heavy (non-hydrogen) atoms. The van der Waals surface area contributed by atoms with Crippen LogP contribution in [-0.2, 0) is 4.79 Å². The van der Waals surface area contributed by atoms with E-state index in [-0.39, 0.29) is 30.6 Å². The first-order valence-electron chi connectivity index (χ1n) is 4.89. The van der Waals surface area contributed by atoms with E-state index < -0.39 is 11.6 Å². The Morgan fingerprint density at radius 1 is 1.62 bits per heavy atom. The second kappa shape index (κ2) is 4.00. The first-order chi connectivity index (χ1) is 7.65. The van der Waals surface area contributed by atoms with E-state index in [1.54, 1.807) is 6.92 Å². The van der Waals surface area contributed by atoms with Crippen LogP contribution >= 0.6 is 0 Å². The van der Waals surface area contributed by atoms with Crippen LogP contribution in [0.4, 0.5) is 4.39 Å². The summed E-state index contributed by atoms with van der Waals surface area (Å²) in [6.07, 6.45) is 0.944. The Morgan fingerprint density at radius 3 is 3.06 bits per heavy atom. The van der Waals surface area contributed by atoms with Crippen LogP contribution in [0.25, 0.3) is 0 Å². The topological polar surface area (TPSA) is 55.8 Å². The minimum Gasteiger partial charge on any atom is -0.505 e. The summed E-state index contributed by atoms with van der Waals surface area (Å²) in [5, 5.41) is 9.63. The first kappa shape index (κ1) is 10.7. The first-order valence-corrected chi connectivity index (χ1v) is 4.89. The van der Waals surface area contributed by atoms with Crippen molar-refractivity contribution in [2.24, 2.45) is 0 Å². The number of phenolic OH excluding ortho intramolecular Hbond substituents is 1. The fourth-order valence-corrected chi connectivity index (χ4v) is 1.66. The fraction of sp³-hybridized carbons (Fsp3) is 0.364. The smallest absolute Gasteiger partial charge is 0.231 e. The lowest BCUT2D eigenvalue weighted by Gasteiger charge is -2.12. The lowest BCUT2D eigenvalue weighted by atomic mass is 9.96. The van der Waals surface area contributed by atoms with Gasteiger partial charge in [-0.3, -0.25) is 0 Å². The average molecular weight is 226 g/mol. The molecule has 1 aliphatic heterocycles. The van der Waals surface area contributed by atoms with Gasteiger partial charge in [-0.05, 0) is 12.0 Å². The zero-order chi connectivity index (χ0) is 11.7. The molecule has 1 aromatic carbocycles. The van der Waals surface area contributed by atoms with Crippen molar-refractivity contribution in [3.8, 4) is 17.2 Å². The third-order valence-electron chi connectivity index (χ3n) is 2.59. The predicted octanol–water partition coefficient (Wildman–Crippen LogP) is 1.95. The number of aromatic hydroxyl groups is 1. The highest BCUT2D eigenvalue weighted by molar-refractivity contribution is 5.57. The van der Waals surface area contributed by atoms with Crippen LogP contribution in [0.5, 0.6) is 17.2 Å². The lowest BCUT2D eigenvalue weighted by Crippen LogP contribution is -1.97. The molecule has 2 rings (SSSR count). The van der Waals surface area contributed by atoms with E-state index in [9.17, 15) is 14.3 Å². The van der Waals surface area contributed by atoms with Crippen molar-refractivity contribution in [2.45, 2.75) is 19.3 Å². The summed E-state index contributed by atoms with van der Waals surface area (Å²) in [7, 11) is 0. The summed E-state index contributed by atoms with van der Waals surface area (Å²) < 4.78 is 23.5. The van der Waals surface area contributed by atoms with E-state index in [1.165, 1.54) is 6.07 Å². The molecule has 1 aromatic rings. The van der Waals surface area contributed by atoms with E-state index in [1.807, 2.05) is 0 Å². The molecule has 1 aliphatic rings. The van der Waals surface area contributed by atoms with E-state index in [0.717, 1.165) is 6.29 Å². The Hall–Kier alpha value is -1.78. The summed E-state index contributed by atoms with van der Waals surface area (Å²) in [5.41, 5.74) is 0.355. The SMILES string of the molecule is CC(CC=O)c1cc2c(c(F)c1O)OCO2. The number of aldehydes is 1. The number of halogens is 1. The molecule has 0 saturated heterocycles. The Balaban J connectivity index is 2.47. The third kappa shape index (κ3) is 1.58. The highest BCUT2D eigenvalue weighted by Crippen LogP contribution is 2.43. The number of fused-ring (bicyclic) bond motifs is 1. The normalized spacial score (nSPS) is 14.9. The quantitative estimate of drug-likeness (QED) is 0.800. The maximum Gasteiger partial charge on any atom is 0.231 e. The minimum atomic E-state index is -0.831. The van der Waals surface area contributed by atoms with E-state index in [0.29, 0.717) is 5.56 Å². The molecule has 0 saturated carbocycles. The van der Waals surface area contributed by atoms with Crippen LogP contribution in [0.1, 0.15) is 24.8 Å². The molecular formula is C11H11FO4. The Kier molecular flexibility index (Phi) is 2.68. The highest BCUT2D eigenvalue weighted by atomic mass is 19.1. The Bertz CT molecular complexity index is 430. The molecule has 0 fully saturated rings. The van der Waals surface area contributed by atoms with Crippen molar-refractivity contribution >= 4 is 6.29 Å². The average Bonchev–Trinajstić information content (AvgIpc) is 2.71. The van der Waals surface area contributed by atoms with Gasteiger partial charge in [-0.25, -0.2) is 0 Å². The highest BCUT2D eigenvalue weighted by Gasteiger charge is 2.26. The number of carbonyl (C=O) groups is 1. The zero-order valence-electron chi connectivity index (χ0n) is 8.70. The van der Waals surface area contributed by atoms with Crippen LogP contribution in [-0.4, -0.2) is 18.2 Å². The number of ether oxygens (including phenoxy) is 2. The molecule has 0 bridgehead atoms. The van der Waals surface area contributed by atoms with Gasteiger partial charge in [-0.2, -0.15) is 4.39 Å². The second-order valence-corrected chi connectivity index (χ2v) is 3.67. The fourth-order valence-electron chi connectivity index (χ4n) is 1.66. The van der Waals surface area contributed by atoms with Crippen molar-refractivity contribution in [1.82, 2.24) is 0 Å². The van der Waals surface area contributed by atoms with Crippen LogP contribution < -0.4 is 9.47 Å². The number of hydrogen-bond acceptors (Lipinski definition) is 4. The standard InChI is InChI=1S/C11H11FO4/c1-6(2-3-13)7-4-8-11(16-5-15-8)9(12)10(7)14/h3-4,6,14H,2,5H2,1H3. The third-order valence-corrected chi connectivity index (χ3v) is 2.59. The summed E-state index contributed by atoms with van der Waals surface area (Å²) >= 11 is 0. The van der Waals surface area contributed by atoms with Gasteiger partial charge in [-0.1, -0.05) is 6.92 Å². The molecule has 86 valence electrons. The maximum absolute atomic E-state index is 13.6. The molecule has 5 heteroatoms. The number of rotatable bonds is 3. The van der Waals surface area contributed by atoms with Gasteiger partial charge < -0.3 is 19.4 Å². The molecule has 1 N–H and O–H groups in total. The van der Waals surface area contributed by atoms with Gasteiger partial charge in [0.15, 0.2) is 11.5 Å². The van der Waals surface area contributed by atoms with Gasteiger partial charge >= 0.3 is 0 Å². The van der Waals surface area contributed by atoms with Crippen LogP contribution in [0.2, 0.25) is 0 Å². The van der Waals surface area contributed by atoms with Crippen LogP contribution in [0.3, 0.4) is 0 Å². The van der Waals surface area contributed by atoms with Crippen molar-refractivity contribution in [2.75, 3.05) is 6.79 Å². The molecule has 1 atom stereocenters. The van der Waals surface area contributed by atoms with Crippen molar-refractivity contribution < 1.29 is 23.8 Å². The Morgan fingerprint density at radius 2 is 2.38 bits per heavy atom. The Labute approximate surface area is 91.6 Å². The largest absolute Gasteiger partial charge is 0.505 e. The van der Waals surface area contributed by atoms with Gasteiger partial charge in [0.1, 0.15) is 6.29 Å². The molecule has 0 amide bonds. The number of hydrogen-bond donors (Lipinski definition) is 1. The number of phenols is 1. The van der Waals surface area contributed by atoms with E-state index in [2.05, 4.69) is 0 Å². The van der Waals surface area contributed by atoms with Crippen molar-refractivity contribution in [1.29, 1.82) is 0 Å². The molecule has 0 aliphatic carbocycles. The monoisotopic (exact) mass is 226 g/mol. The summed E-state index contributed by atoms with van der Waals surface area (Å²) in [6, 6.07) is 1.51. The van der Waals surface area contributed by atoms with Gasteiger partial charge in [-0.15, -0.1) is 0 Å². The second-order valence-electron chi connectivity index (χ2n) is 3.67. The molecule has 0 aromatic heterocycles.